The summed E-state index contributed by atoms with van der Waals surface area (Å²) in [5.41, 5.74) is 9.38. The molecule has 2 atom stereocenters. The van der Waals surface area contributed by atoms with Crippen molar-refractivity contribution in [1.82, 2.24) is 21.3 Å². The van der Waals surface area contributed by atoms with Gasteiger partial charge in [-0.25, -0.2) is 4.79 Å². The second-order valence-electron chi connectivity index (χ2n) is 10.8. The van der Waals surface area contributed by atoms with Gasteiger partial charge in [0.25, 0.3) is 0 Å². The van der Waals surface area contributed by atoms with E-state index in [4.69, 9.17) is 10.5 Å². The third-order valence-corrected chi connectivity index (χ3v) is 7.25. The normalized spacial score (nSPS) is 12.1. The number of nitrogens with one attached hydrogen (secondary N) is 4. The molecule has 0 aliphatic carbocycles. The fourth-order valence-corrected chi connectivity index (χ4v) is 4.73. The van der Waals surface area contributed by atoms with Gasteiger partial charge in [-0.3, -0.25) is 9.59 Å². The largest absolute Gasteiger partial charge is 0.494 e. The molecule has 3 rings (SSSR count). The molecule has 9 heteroatoms. The molecule has 236 valence electrons. The molecule has 0 aromatic heterocycles. The van der Waals surface area contributed by atoms with Gasteiger partial charge in [0.2, 0.25) is 11.8 Å². The van der Waals surface area contributed by atoms with Crippen LogP contribution in [0.5, 0.6) is 5.75 Å². The summed E-state index contributed by atoms with van der Waals surface area (Å²) in [4.78, 5) is 40.0. The highest BCUT2D eigenvalue weighted by Crippen LogP contribution is 2.14. The van der Waals surface area contributed by atoms with Crippen molar-refractivity contribution in [3.63, 3.8) is 0 Å². The second-order valence-corrected chi connectivity index (χ2v) is 10.8. The molecule has 0 fully saturated rings. The van der Waals surface area contributed by atoms with Crippen molar-refractivity contribution in [2.75, 3.05) is 13.2 Å². The molecule has 0 saturated heterocycles. The summed E-state index contributed by atoms with van der Waals surface area (Å²) in [6.45, 7) is 5.87. The Hall–Kier alpha value is -4.37. The molecule has 4 amide bonds. The van der Waals surface area contributed by atoms with Crippen LogP contribution < -0.4 is 31.7 Å². The van der Waals surface area contributed by atoms with Crippen LogP contribution in [0.2, 0.25) is 0 Å². The number of amides is 4. The smallest absolute Gasteiger partial charge is 0.315 e. The summed E-state index contributed by atoms with van der Waals surface area (Å²) >= 11 is 0. The Morgan fingerprint density at radius 1 is 0.682 bits per heavy atom. The van der Waals surface area contributed by atoms with Gasteiger partial charge in [-0.15, -0.1) is 0 Å². The van der Waals surface area contributed by atoms with E-state index in [-0.39, 0.29) is 12.3 Å². The summed E-state index contributed by atoms with van der Waals surface area (Å²) in [6.07, 6.45) is 4.65. The molecule has 0 aliphatic heterocycles. The van der Waals surface area contributed by atoms with Crippen LogP contribution >= 0.6 is 0 Å². The van der Waals surface area contributed by atoms with E-state index in [1.165, 1.54) is 0 Å². The number of benzene rings is 3. The number of ether oxygens (including phenoxy) is 1. The zero-order chi connectivity index (χ0) is 31.6. The van der Waals surface area contributed by atoms with E-state index in [0.717, 1.165) is 53.7 Å². The van der Waals surface area contributed by atoms with Crippen molar-refractivity contribution >= 4 is 17.8 Å². The van der Waals surface area contributed by atoms with E-state index < -0.39 is 24.0 Å². The van der Waals surface area contributed by atoms with Gasteiger partial charge >= 0.3 is 6.03 Å². The second kappa shape index (κ2) is 19.0. The van der Waals surface area contributed by atoms with Crippen molar-refractivity contribution in [3.8, 4) is 5.75 Å². The molecular weight excluding hydrogens is 554 g/mol. The molecule has 3 aromatic carbocycles. The zero-order valence-corrected chi connectivity index (χ0v) is 25.9. The van der Waals surface area contributed by atoms with Crippen LogP contribution in [0.4, 0.5) is 4.79 Å². The summed E-state index contributed by atoms with van der Waals surface area (Å²) in [6, 6.07) is 22.5. The van der Waals surface area contributed by atoms with Gasteiger partial charge in [0.15, 0.2) is 0 Å². The monoisotopic (exact) mass is 601 g/mol. The fraction of sp³-hybridized carbons (Fsp3) is 0.400. The minimum absolute atomic E-state index is 0.245. The molecule has 0 spiro atoms. The molecule has 0 heterocycles. The Morgan fingerprint density at radius 2 is 1.30 bits per heavy atom. The van der Waals surface area contributed by atoms with E-state index in [2.05, 4.69) is 28.2 Å². The highest BCUT2D eigenvalue weighted by atomic mass is 16.5. The number of carbonyl (C=O) groups excluding carboxylic acids is 3. The van der Waals surface area contributed by atoms with Crippen molar-refractivity contribution < 1.29 is 19.1 Å². The van der Waals surface area contributed by atoms with Crippen molar-refractivity contribution in [2.45, 2.75) is 77.5 Å². The van der Waals surface area contributed by atoms with E-state index >= 15 is 0 Å². The van der Waals surface area contributed by atoms with Gasteiger partial charge < -0.3 is 31.7 Å². The van der Waals surface area contributed by atoms with Crippen LogP contribution in [-0.4, -0.2) is 43.1 Å². The first-order chi connectivity index (χ1) is 21.4. The topological polar surface area (TPSA) is 135 Å². The Bertz CT molecular complexity index is 1280. The third kappa shape index (κ3) is 12.1. The molecule has 6 N–H and O–H groups in total. The standard InChI is InChI=1S/C35H47N5O4/c1-3-5-6-10-21-37-35(43)40-32(23-27-17-19-30(20-18-27)44-4-2)34(42)39-31(22-26-11-8-7-9-12-26)33(41)38-25-29-15-13-28(24-36)14-16-29/h7-9,11-20,31-32H,3-6,10,21-25,36H2,1-2H3,(H,38,41)(H,39,42)(H2,37,40,43)/t31-,32?/m0/s1. The molecule has 44 heavy (non-hydrogen) atoms. The Balaban J connectivity index is 1.74. The first kappa shape index (κ1) is 34.1. The van der Waals surface area contributed by atoms with Gasteiger partial charge in [0, 0.05) is 32.5 Å². The first-order valence-corrected chi connectivity index (χ1v) is 15.6. The van der Waals surface area contributed by atoms with Gasteiger partial charge in [-0.05, 0) is 47.7 Å². The fourth-order valence-electron chi connectivity index (χ4n) is 4.73. The maximum absolute atomic E-state index is 13.7. The lowest BCUT2D eigenvalue weighted by Crippen LogP contribution is -2.56. The van der Waals surface area contributed by atoms with Crippen LogP contribution in [0.15, 0.2) is 78.9 Å². The van der Waals surface area contributed by atoms with Crippen LogP contribution in [0.25, 0.3) is 0 Å². The third-order valence-electron chi connectivity index (χ3n) is 7.25. The molecular formula is C35H47N5O4. The minimum Gasteiger partial charge on any atom is -0.494 e. The number of hydrogen-bond acceptors (Lipinski definition) is 5. The van der Waals surface area contributed by atoms with Crippen molar-refractivity contribution in [2.24, 2.45) is 5.73 Å². The van der Waals surface area contributed by atoms with Crippen molar-refractivity contribution in [1.29, 1.82) is 0 Å². The summed E-state index contributed by atoms with van der Waals surface area (Å²) in [5, 5.41) is 11.6. The number of nitrogens with two attached hydrogens (primary N) is 1. The molecule has 3 aromatic rings. The molecule has 0 aliphatic rings. The first-order valence-electron chi connectivity index (χ1n) is 15.6. The van der Waals surface area contributed by atoms with Crippen LogP contribution in [0.3, 0.4) is 0 Å². The molecule has 1 unspecified atom stereocenters. The average Bonchev–Trinajstić information content (AvgIpc) is 3.04. The summed E-state index contributed by atoms with van der Waals surface area (Å²) in [7, 11) is 0. The van der Waals surface area contributed by atoms with Gasteiger partial charge in [-0.1, -0.05) is 92.9 Å². The van der Waals surface area contributed by atoms with Crippen LogP contribution in [0, 0.1) is 0 Å². The summed E-state index contributed by atoms with van der Waals surface area (Å²) in [5.74, 6) is -0.0269. The lowest BCUT2D eigenvalue weighted by atomic mass is 10.0. The molecule has 0 saturated carbocycles. The van der Waals surface area contributed by atoms with Gasteiger partial charge in [0.05, 0.1) is 6.61 Å². The van der Waals surface area contributed by atoms with E-state index in [1.807, 2.05) is 85.8 Å². The molecule has 0 radical (unpaired) electrons. The Labute approximate surface area is 261 Å². The average molecular weight is 602 g/mol. The van der Waals surface area contributed by atoms with Gasteiger partial charge in [-0.2, -0.15) is 0 Å². The SMILES string of the molecule is CCCCCCNC(=O)NC(Cc1ccc(OCC)cc1)C(=O)N[C@@H](Cc1ccccc1)C(=O)NCc1ccc(CN)cc1. The number of urea groups is 1. The van der Waals surface area contributed by atoms with Crippen LogP contribution in [0.1, 0.15) is 61.8 Å². The quantitative estimate of drug-likeness (QED) is 0.138. The Kier molecular flexibility index (Phi) is 14.7. The number of rotatable bonds is 18. The summed E-state index contributed by atoms with van der Waals surface area (Å²) < 4.78 is 5.54. The lowest BCUT2D eigenvalue weighted by molar-refractivity contribution is -0.130. The zero-order valence-electron chi connectivity index (χ0n) is 25.9. The van der Waals surface area contributed by atoms with E-state index in [1.54, 1.807) is 0 Å². The molecule has 9 nitrogen and oxygen atoms in total. The van der Waals surface area contributed by atoms with Crippen molar-refractivity contribution in [3.05, 3.63) is 101 Å². The minimum atomic E-state index is -0.904. The number of carbonyl (C=O) groups is 3. The maximum atomic E-state index is 13.7. The van der Waals surface area contributed by atoms with Gasteiger partial charge in [0.1, 0.15) is 17.8 Å². The highest BCUT2D eigenvalue weighted by Gasteiger charge is 2.27. The molecule has 0 bridgehead atoms. The van der Waals surface area contributed by atoms with E-state index in [0.29, 0.717) is 32.7 Å². The maximum Gasteiger partial charge on any atom is 0.315 e. The highest BCUT2D eigenvalue weighted by molar-refractivity contribution is 5.92. The predicted octanol–water partition coefficient (Wildman–Crippen LogP) is 4.38. The Morgan fingerprint density at radius 3 is 1.93 bits per heavy atom. The number of unbranched alkanes of at least 4 members (excludes halogenated alkanes) is 3. The lowest BCUT2D eigenvalue weighted by Gasteiger charge is -2.24. The van der Waals surface area contributed by atoms with E-state index in [9.17, 15) is 14.4 Å². The predicted molar refractivity (Wildman–Crippen MR) is 174 cm³/mol. The van der Waals surface area contributed by atoms with Crippen LogP contribution in [-0.2, 0) is 35.5 Å². The number of hydrogen-bond donors (Lipinski definition) is 5.